The van der Waals surface area contributed by atoms with Gasteiger partial charge in [-0.05, 0) is 37.0 Å². The molecule has 0 aromatic heterocycles. The van der Waals surface area contributed by atoms with Gasteiger partial charge in [-0.1, -0.05) is 26.0 Å². The normalized spacial score (nSPS) is 12.2. The molecule has 0 fully saturated rings. The van der Waals surface area contributed by atoms with Crippen LogP contribution in [0.3, 0.4) is 0 Å². The zero-order valence-electron chi connectivity index (χ0n) is 10.5. The first kappa shape index (κ1) is 14.0. The van der Waals surface area contributed by atoms with E-state index in [9.17, 15) is 4.79 Å². The highest BCUT2D eigenvalue weighted by molar-refractivity contribution is 6.17. The number of alkyl halides is 1. The molecule has 0 spiro atoms. The minimum absolute atomic E-state index is 0.00961. The zero-order valence-corrected chi connectivity index (χ0v) is 11.3. The largest absolute Gasteiger partial charge is 0.349 e. The van der Waals surface area contributed by atoms with Gasteiger partial charge in [0.25, 0.3) is 5.91 Å². The Morgan fingerprint density at radius 1 is 1.29 bits per heavy atom. The molecular formula is C14H20ClNO. The van der Waals surface area contributed by atoms with Crippen LogP contribution in [0.25, 0.3) is 0 Å². The van der Waals surface area contributed by atoms with Gasteiger partial charge < -0.3 is 5.32 Å². The van der Waals surface area contributed by atoms with E-state index in [4.69, 9.17) is 11.6 Å². The van der Waals surface area contributed by atoms with E-state index in [0.29, 0.717) is 5.88 Å². The minimum atomic E-state index is -0.00961. The summed E-state index contributed by atoms with van der Waals surface area (Å²) in [7, 11) is 0. The number of rotatable bonds is 6. The first-order chi connectivity index (χ1) is 8.21. The quantitative estimate of drug-likeness (QED) is 0.774. The second-order valence-corrected chi connectivity index (χ2v) is 4.48. The van der Waals surface area contributed by atoms with Crippen molar-refractivity contribution in [2.24, 2.45) is 0 Å². The zero-order chi connectivity index (χ0) is 12.7. The monoisotopic (exact) mass is 253 g/mol. The molecule has 94 valence electrons. The lowest BCUT2D eigenvalue weighted by Gasteiger charge is -2.15. The van der Waals surface area contributed by atoms with Gasteiger partial charge in [0.1, 0.15) is 0 Å². The minimum Gasteiger partial charge on any atom is -0.349 e. The van der Waals surface area contributed by atoms with Crippen LogP contribution in [0, 0.1) is 0 Å². The van der Waals surface area contributed by atoms with Gasteiger partial charge in [0, 0.05) is 17.5 Å². The van der Waals surface area contributed by atoms with Crippen molar-refractivity contribution in [3.05, 3.63) is 35.4 Å². The second kappa shape index (κ2) is 7.33. The van der Waals surface area contributed by atoms with E-state index in [2.05, 4.69) is 19.2 Å². The Balaban J connectivity index is 2.62. The summed E-state index contributed by atoms with van der Waals surface area (Å²) in [6, 6.07) is 7.92. The van der Waals surface area contributed by atoms with Gasteiger partial charge in [0.15, 0.2) is 0 Å². The van der Waals surface area contributed by atoms with Gasteiger partial charge in [-0.2, -0.15) is 0 Å². The Kier molecular flexibility index (Phi) is 6.06. The summed E-state index contributed by atoms with van der Waals surface area (Å²) in [6.07, 6.45) is 2.72. The molecule has 17 heavy (non-hydrogen) atoms. The fourth-order valence-electron chi connectivity index (χ4n) is 1.67. The first-order valence-electron chi connectivity index (χ1n) is 6.17. The first-order valence-corrected chi connectivity index (χ1v) is 6.70. The maximum atomic E-state index is 11.9. The molecule has 1 aromatic carbocycles. The molecule has 0 heterocycles. The van der Waals surface area contributed by atoms with Crippen molar-refractivity contribution in [3.63, 3.8) is 0 Å². The molecule has 0 saturated carbocycles. The Bertz CT molecular complexity index is 348. The van der Waals surface area contributed by atoms with Crippen molar-refractivity contribution in [1.82, 2.24) is 5.32 Å². The predicted octanol–water partition coefficient (Wildman–Crippen LogP) is 3.39. The predicted molar refractivity (Wildman–Crippen MR) is 72.7 cm³/mol. The van der Waals surface area contributed by atoms with Crippen LogP contribution in [0.4, 0.5) is 0 Å². The molecule has 2 nitrogen and oxygen atoms in total. The molecule has 1 unspecified atom stereocenters. The SMILES string of the molecule is CCc1ccc(C(=O)NC(CC)CCCl)cc1. The third kappa shape index (κ3) is 4.39. The van der Waals surface area contributed by atoms with Gasteiger partial charge in [-0.3, -0.25) is 4.79 Å². The third-order valence-corrected chi connectivity index (χ3v) is 3.13. The van der Waals surface area contributed by atoms with Gasteiger partial charge in [-0.15, -0.1) is 11.6 Å². The third-order valence-electron chi connectivity index (χ3n) is 2.91. The topological polar surface area (TPSA) is 29.1 Å². The van der Waals surface area contributed by atoms with E-state index in [1.807, 2.05) is 24.3 Å². The van der Waals surface area contributed by atoms with E-state index in [0.717, 1.165) is 24.8 Å². The lowest BCUT2D eigenvalue weighted by molar-refractivity contribution is 0.0935. The van der Waals surface area contributed by atoms with E-state index in [1.165, 1.54) is 5.56 Å². The molecule has 1 N–H and O–H groups in total. The molecule has 3 heteroatoms. The van der Waals surface area contributed by atoms with Crippen LogP contribution in [0.5, 0.6) is 0 Å². The van der Waals surface area contributed by atoms with Crippen LogP contribution in [0.1, 0.15) is 42.6 Å². The van der Waals surface area contributed by atoms with Crippen molar-refractivity contribution in [2.75, 3.05) is 5.88 Å². The number of aryl methyl sites for hydroxylation is 1. The summed E-state index contributed by atoms with van der Waals surface area (Å²) in [4.78, 5) is 11.9. The highest BCUT2D eigenvalue weighted by Crippen LogP contribution is 2.07. The Morgan fingerprint density at radius 3 is 2.41 bits per heavy atom. The van der Waals surface area contributed by atoms with Crippen molar-refractivity contribution in [3.8, 4) is 0 Å². The van der Waals surface area contributed by atoms with E-state index < -0.39 is 0 Å². The van der Waals surface area contributed by atoms with E-state index in [-0.39, 0.29) is 11.9 Å². The van der Waals surface area contributed by atoms with Crippen LogP contribution in [-0.4, -0.2) is 17.8 Å². The number of halogens is 1. The number of carbonyl (C=O) groups excluding carboxylic acids is 1. The smallest absolute Gasteiger partial charge is 0.251 e. The highest BCUT2D eigenvalue weighted by atomic mass is 35.5. The van der Waals surface area contributed by atoms with Crippen molar-refractivity contribution in [2.45, 2.75) is 39.2 Å². The number of nitrogens with one attached hydrogen (secondary N) is 1. The summed E-state index contributed by atoms with van der Waals surface area (Å²) in [5.74, 6) is 0.567. The molecule has 0 saturated heterocycles. The molecule has 0 radical (unpaired) electrons. The maximum absolute atomic E-state index is 11.9. The molecule has 0 aliphatic heterocycles. The van der Waals surface area contributed by atoms with Crippen LogP contribution in [0.2, 0.25) is 0 Å². The van der Waals surface area contributed by atoms with Crippen LogP contribution in [-0.2, 0) is 6.42 Å². The van der Waals surface area contributed by atoms with Crippen LogP contribution >= 0.6 is 11.6 Å². The Labute approximate surface area is 108 Å². The summed E-state index contributed by atoms with van der Waals surface area (Å²) in [5, 5.41) is 3.00. The van der Waals surface area contributed by atoms with Crippen molar-refractivity contribution >= 4 is 17.5 Å². The number of carbonyl (C=O) groups is 1. The lowest BCUT2D eigenvalue weighted by atomic mass is 10.1. The Hall–Kier alpha value is -1.02. The summed E-state index contributed by atoms with van der Waals surface area (Å²) in [5.41, 5.74) is 1.96. The van der Waals surface area contributed by atoms with Gasteiger partial charge >= 0.3 is 0 Å². The number of benzene rings is 1. The molecule has 1 atom stereocenters. The lowest BCUT2D eigenvalue weighted by Crippen LogP contribution is -2.34. The molecule has 1 amide bonds. The summed E-state index contributed by atoms with van der Waals surface area (Å²) < 4.78 is 0. The fraction of sp³-hybridized carbons (Fsp3) is 0.500. The Morgan fingerprint density at radius 2 is 1.94 bits per heavy atom. The number of amides is 1. The van der Waals surface area contributed by atoms with Crippen molar-refractivity contribution in [1.29, 1.82) is 0 Å². The number of hydrogen-bond acceptors (Lipinski definition) is 1. The highest BCUT2D eigenvalue weighted by Gasteiger charge is 2.11. The van der Waals surface area contributed by atoms with Gasteiger partial charge in [0.05, 0.1) is 0 Å². The van der Waals surface area contributed by atoms with E-state index >= 15 is 0 Å². The molecule has 1 aromatic rings. The van der Waals surface area contributed by atoms with E-state index in [1.54, 1.807) is 0 Å². The van der Waals surface area contributed by atoms with Crippen molar-refractivity contribution < 1.29 is 4.79 Å². The summed E-state index contributed by atoms with van der Waals surface area (Å²) in [6.45, 7) is 4.15. The second-order valence-electron chi connectivity index (χ2n) is 4.11. The molecule has 0 bridgehead atoms. The van der Waals surface area contributed by atoms with Gasteiger partial charge in [0.2, 0.25) is 0 Å². The maximum Gasteiger partial charge on any atom is 0.251 e. The number of hydrogen-bond donors (Lipinski definition) is 1. The molecular weight excluding hydrogens is 234 g/mol. The average molecular weight is 254 g/mol. The summed E-state index contributed by atoms with van der Waals surface area (Å²) >= 11 is 5.69. The standard InChI is InChI=1S/C14H20ClNO/c1-3-11-5-7-12(8-6-11)14(17)16-13(4-2)9-10-15/h5-8,13H,3-4,9-10H2,1-2H3,(H,16,17). The van der Waals surface area contributed by atoms with Crippen LogP contribution < -0.4 is 5.32 Å². The fourth-order valence-corrected chi connectivity index (χ4v) is 1.93. The van der Waals surface area contributed by atoms with Crippen LogP contribution in [0.15, 0.2) is 24.3 Å². The molecule has 0 aliphatic rings. The average Bonchev–Trinajstić information content (AvgIpc) is 2.38. The molecule has 0 aliphatic carbocycles. The van der Waals surface area contributed by atoms with Gasteiger partial charge in [-0.25, -0.2) is 0 Å². The molecule has 1 rings (SSSR count).